The van der Waals surface area contributed by atoms with E-state index in [1.807, 2.05) is 0 Å². The number of hydrogen-bond acceptors (Lipinski definition) is 5. The number of carbonyl (C=O) groups is 1. The van der Waals surface area contributed by atoms with Crippen molar-refractivity contribution in [2.24, 2.45) is 4.99 Å². The Kier molecular flexibility index (Phi) is 4.25. The average molecular weight is 237 g/mol. The fourth-order valence-corrected chi connectivity index (χ4v) is 1.40. The Morgan fingerprint density at radius 1 is 1.41 bits per heavy atom. The molecule has 0 radical (unpaired) electrons. The third kappa shape index (κ3) is 2.83. The zero-order valence-electron chi connectivity index (χ0n) is 9.39. The minimum atomic E-state index is -1.14. The van der Waals surface area contributed by atoms with E-state index in [1.54, 1.807) is 6.07 Å². The quantitative estimate of drug-likeness (QED) is 0.615. The predicted molar refractivity (Wildman–Crippen MR) is 58.3 cm³/mol. The van der Waals surface area contributed by atoms with Crippen LogP contribution in [-0.4, -0.2) is 31.4 Å². The van der Waals surface area contributed by atoms with Crippen molar-refractivity contribution < 1.29 is 24.2 Å². The number of carboxylic acids is 1. The molecule has 0 atom stereocenters. The summed E-state index contributed by atoms with van der Waals surface area (Å²) in [4.78, 5) is 24.4. The average Bonchev–Trinajstić information content (AvgIpc) is 2.34. The number of benzene rings is 1. The molecule has 0 bridgehead atoms. The van der Waals surface area contributed by atoms with E-state index in [2.05, 4.69) is 4.99 Å². The molecule has 0 aliphatic rings. The van der Waals surface area contributed by atoms with Gasteiger partial charge in [-0.05, 0) is 17.7 Å². The summed E-state index contributed by atoms with van der Waals surface area (Å²) in [6.07, 6.45) is 1.39. The van der Waals surface area contributed by atoms with E-state index in [4.69, 9.17) is 14.6 Å². The minimum absolute atomic E-state index is 0.0389. The molecule has 6 nitrogen and oxygen atoms in total. The highest BCUT2D eigenvalue weighted by molar-refractivity contribution is 5.92. The molecule has 0 saturated heterocycles. The van der Waals surface area contributed by atoms with Gasteiger partial charge >= 0.3 is 5.97 Å². The van der Waals surface area contributed by atoms with Crippen LogP contribution in [0.3, 0.4) is 0 Å². The van der Waals surface area contributed by atoms with Crippen molar-refractivity contribution in [1.29, 1.82) is 0 Å². The number of rotatable bonds is 5. The summed E-state index contributed by atoms with van der Waals surface area (Å²) in [7, 11) is 2.75. The molecule has 17 heavy (non-hydrogen) atoms. The molecule has 0 spiro atoms. The lowest BCUT2D eigenvalue weighted by Gasteiger charge is -2.11. The van der Waals surface area contributed by atoms with Crippen molar-refractivity contribution in [3.8, 4) is 11.5 Å². The van der Waals surface area contributed by atoms with Gasteiger partial charge < -0.3 is 14.6 Å². The van der Waals surface area contributed by atoms with Crippen molar-refractivity contribution in [2.45, 2.75) is 6.54 Å². The summed E-state index contributed by atoms with van der Waals surface area (Å²) in [6.45, 7) is 0.0458. The lowest BCUT2D eigenvalue weighted by Crippen LogP contribution is -2.04. The fourth-order valence-electron chi connectivity index (χ4n) is 1.40. The molecule has 6 heteroatoms. The highest BCUT2D eigenvalue weighted by Gasteiger charge is 2.17. The lowest BCUT2D eigenvalue weighted by molar-refractivity contribution is 0.0692. The largest absolute Gasteiger partial charge is 0.493 e. The van der Waals surface area contributed by atoms with Gasteiger partial charge in [-0.15, -0.1) is 0 Å². The van der Waals surface area contributed by atoms with Crippen molar-refractivity contribution >= 4 is 12.0 Å². The number of aliphatic imine (C=N–C) groups is 1. The van der Waals surface area contributed by atoms with Crippen molar-refractivity contribution in [3.63, 3.8) is 0 Å². The first kappa shape index (κ1) is 12.7. The number of carboxylic acid groups (broad SMARTS) is 1. The second kappa shape index (κ2) is 5.67. The minimum Gasteiger partial charge on any atom is -0.493 e. The summed E-state index contributed by atoms with van der Waals surface area (Å²) in [5.41, 5.74) is 0.492. The molecule has 0 heterocycles. The van der Waals surface area contributed by atoms with E-state index in [-0.39, 0.29) is 23.6 Å². The Labute approximate surface area is 97.5 Å². The molecule has 0 unspecified atom stereocenters. The maximum Gasteiger partial charge on any atom is 0.339 e. The monoisotopic (exact) mass is 237 g/mol. The zero-order valence-corrected chi connectivity index (χ0v) is 9.39. The first-order valence-corrected chi connectivity index (χ1v) is 4.65. The van der Waals surface area contributed by atoms with Gasteiger partial charge in [-0.2, -0.15) is 0 Å². The molecule has 0 aliphatic carbocycles. The van der Waals surface area contributed by atoms with E-state index in [9.17, 15) is 9.59 Å². The number of ether oxygens (including phenoxy) is 2. The van der Waals surface area contributed by atoms with E-state index >= 15 is 0 Å². The normalized spacial score (nSPS) is 9.29. The molecule has 0 fully saturated rings. The van der Waals surface area contributed by atoms with Gasteiger partial charge in [0.1, 0.15) is 5.56 Å². The van der Waals surface area contributed by atoms with Crippen molar-refractivity contribution in [3.05, 3.63) is 23.3 Å². The Hall–Kier alpha value is -2.33. The second-order valence-corrected chi connectivity index (χ2v) is 3.09. The second-order valence-electron chi connectivity index (χ2n) is 3.09. The molecular weight excluding hydrogens is 226 g/mol. The van der Waals surface area contributed by atoms with Crippen LogP contribution in [0.5, 0.6) is 11.5 Å². The predicted octanol–water partition coefficient (Wildman–Crippen LogP) is 1.24. The summed E-state index contributed by atoms with van der Waals surface area (Å²) in [5.74, 6) is -0.723. The van der Waals surface area contributed by atoms with Gasteiger partial charge in [0.2, 0.25) is 6.08 Å². The number of methoxy groups -OCH3 is 2. The van der Waals surface area contributed by atoms with Crippen molar-refractivity contribution in [2.75, 3.05) is 14.2 Å². The van der Waals surface area contributed by atoms with Gasteiger partial charge in [-0.25, -0.2) is 14.6 Å². The zero-order chi connectivity index (χ0) is 12.8. The van der Waals surface area contributed by atoms with E-state index in [0.717, 1.165) is 0 Å². The van der Waals surface area contributed by atoms with Gasteiger partial charge in [-0.3, -0.25) is 0 Å². The number of aromatic carboxylic acids is 1. The lowest BCUT2D eigenvalue weighted by atomic mass is 10.1. The van der Waals surface area contributed by atoms with Crippen LogP contribution in [0.2, 0.25) is 0 Å². The van der Waals surface area contributed by atoms with E-state index in [0.29, 0.717) is 5.56 Å². The van der Waals surface area contributed by atoms with Gasteiger partial charge in [0.15, 0.2) is 11.5 Å². The molecule has 0 aromatic heterocycles. The molecular formula is C11H11NO5. The summed E-state index contributed by atoms with van der Waals surface area (Å²) < 4.78 is 9.99. The van der Waals surface area contributed by atoms with Crippen LogP contribution in [0.15, 0.2) is 17.1 Å². The standard InChI is InChI=1S/C11H11NO5/c1-16-9-4-7(5-12-6-13)3-8(11(14)15)10(9)17-2/h3-4H,5H2,1-2H3,(H,14,15). The van der Waals surface area contributed by atoms with Gasteiger partial charge in [0, 0.05) is 0 Å². The SMILES string of the molecule is COc1cc(CN=C=O)cc(C(=O)O)c1OC. The number of isocyanates is 1. The van der Waals surface area contributed by atoms with Crippen LogP contribution in [0.25, 0.3) is 0 Å². The van der Waals surface area contributed by atoms with Crippen LogP contribution >= 0.6 is 0 Å². The Morgan fingerprint density at radius 2 is 2.12 bits per heavy atom. The first-order chi connectivity index (χ1) is 8.13. The van der Waals surface area contributed by atoms with Crippen molar-refractivity contribution in [1.82, 2.24) is 0 Å². The van der Waals surface area contributed by atoms with Gasteiger partial charge in [0.25, 0.3) is 0 Å². The smallest absolute Gasteiger partial charge is 0.339 e. The third-order valence-electron chi connectivity index (χ3n) is 2.10. The molecule has 1 rings (SSSR count). The summed E-state index contributed by atoms with van der Waals surface area (Å²) in [6, 6.07) is 2.94. The van der Waals surface area contributed by atoms with Crippen LogP contribution in [0, 0.1) is 0 Å². The summed E-state index contributed by atoms with van der Waals surface area (Å²) in [5, 5.41) is 9.02. The maximum absolute atomic E-state index is 11.0. The molecule has 1 aromatic carbocycles. The molecule has 1 N–H and O–H groups in total. The molecule has 1 aromatic rings. The van der Waals surface area contributed by atoms with Gasteiger partial charge in [0.05, 0.1) is 20.8 Å². The molecule has 0 aliphatic heterocycles. The first-order valence-electron chi connectivity index (χ1n) is 4.65. The Bertz CT molecular complexity index is 477. The van der Waals surface area contributed by atoms with E-state index < -0.39 is 5.97 Å². The highest BCUT2D eigenvalue weighted by atomic mass is 16.5. The van der Waals surface area contributed by atoms with Gasteiger partial charge in [-0.1, -0.05) is 0 Å². The van der Waals surface area contributed by atoms with Crippen LogP contribution in [0.4, 0.5) is 0 Å². The molecule has 0 amide bonds. The molecule has 90 valence electrons. The molecule has 0 saturated carbocycles. The fraction of sp³-hybridized carbons (Fsp3) is 0.273. The Morgan fingerprint density at radius 3 is 2.59 bits per heavy atom. The number of carbonyl (C=O) groups excluding carboxylic acids is 1. The topological polar surface area (TPSA) is 85.2 Å². The summed E-state index contributed by atoms with van der Waals surface area (Å²) >= 11 is 0. The third-order valence-corrected chi connectivity index (χ3v) is 2.10. The van der Waals surface area contributed by atoms with Crippen LogP contribution in [0.1, 0.15) is 15.9 Å². The maximum atomic E-state index is 11.0. The van der Waals surface area contributed by atoms with Crippen LogP contribution in [-0.2, 0) is 11.3 Å². The number of hydrogen-bond donors (Lipinski definition) is 1. The Balaban J connectivity index is 3.33. The number of nitrogens with zero attached hydrogens (tertiary/aromatic N) is 1. The van der Waals surface area contributed by atoms with E-state index in [1.165, 1.54) is 26.4 Å². The highest BCUT2D eigenvalue weighted by Crippen LogP contribution is 2.32. The van der Waals surface area contributed by atoms with Crippen LogP contribution < -0.4 is 9.47 Å².